The van der Waals surface area contributed by atoms with E-state index in [2.05, 4.69) is 5.32 Å². The van der Waals surface area contributed by atoms with E-state index in [1.54, 1.807) is 4.90 Å². The fourth-order valence-electron chi connectivity index (χ4n) is 4.12. The van der Waals surface area contributed by atoms with Gasteiger partial charge in [-0.15, -0.1) is 0 Å². The molecule has 0 saturated carbocycles. The van der Waals surface area contributed by atoms with Crippen molar-refractivity contribution in [1.29, 1.82) is 0 Å². The molecule has 1 atom stereocenters. The molecule has 0 aromatic carbocycles. The third-order valence-corrected chi connectivity index (χ3v) is 5.45. The minimum absolute atomic E-state index is 0.107. The summed E-state index contributed by atoms with van der Waals surface area (Å²) in [6.45, 7) is 8.80. The highest BCUT2D eigenvalue weighted by molar-refractivity contribution is 5.69. The van der Waals surface area contributed by atoms with Crippen LogP contribution in [0.25, 0.3) is 0 Å². The summed E-state index contributed by atoms with van der Waals surface area (Å²) in [4.78, 5) is 15.7. The summed E-state index contributed by atoms with van der Waals surface area (Å²) >= 11 is 0. The molecule has 138 valence electrons. The number of amides is 1. The van der Waals surface area contributed by atoms with Crippen molar-refractivity contribution in [2.75, 3.05) is 39.3 Å². The molecule has 0 bridgehead atoms. The third kappa shape index (κ3) is 3.67. The molecule has 3 saturated heterocycles. The van der Waals surface area contributed by atoms with Crippen molar-refractivity contribution in [3.8, 4) is 0 Å². The second-order valence-electron chi connectivity index (χ2n) is 8.61. The summed E-state index contributed by atoms with van der Waals surface area (Å²) in [6.07, 6.45) is 2.00. The van der Waals surface area contributed by atoms with Gasteiger partial charge < -0.3 is 15.0 Å². The number of hydrogen-bond donors (Lipinski definition) is 1. The molecule has 3 rings (SSSR count). The Bertz CT molecular complexity index is 477. The second-order valence-corrected chi connectivity index (χ2v) is 8.61. The zero-order chi connectivity index (χ0) is 17.6. The average molecular weight is 345 g/mol. The monoisotopic (exact) mass is 345 g/mol. The molecular formula is C17H29F2N3O2. The first kappa shape index (κ1) is 17.9. The van der Waals surface area contributed by atoms with E-state index in [1.807, 2.05) is 25.7 Å². The Morgan fingerprint density at radius 2 is 1.83 bits per heavy atom. The van der Waals surface area contributed by atoms with E-state index >= 15 is 0 Å². The standard InChI is InChI=1S/C17H29F2N3O2/c1-15(2,3)24-14(23)22-11-16(12-22)5-8-21(9-6-16)13-4-7-20-10-17(13,18)19/h13,20H,4-12H2,1-3H3/t13-/m0/s1. The molecule has 0 aromatic rings. The third-order valence-electron chi connectivity index (χ3n) is 5.45. The lowest BCUT2D eigenvalue weighted by Gasteiger charge is -2.55. The van der Waals surface area contributed by atoms with Crippen LogP contribution in [0.2, 0.25) is 0 Å². The highest BCUT2D eigenvalue weighted by atomic mass is 19.3. The van der Waals surface area contributed by atoms with E-state index in [0.717, 1.165) is 12.8 Å². The van der Waals surface area contributed by atoms with Crippen molar-refractivity contribution in [2.24, 2.45) is 5.41 Å². The Kier molecular flexibility index (Phi) is 4.53. The van der Waals surface area contributed by atoms with Crippen molar-refractivity contribution in [2.45, 2.75) is 57.6 Å². The molecule has 1 amide bonds. The molecule has 3 aliphatic heterocycles. The SMILES string of the molecule is CC(C)(C)OC(=O)N1CC2(CCN([C@H]3CCNCC3(F)F)CC2)C1. The van der Waals surface area contributed by atoms with Gasteiger partial charge in [0, 0.05) is 18.5 Å². The van der Waals surface area contributed by atoms with Gasteiger partial charge in [0.05, 0.1) is 12.6 Å². The predicted octanol–water partition coefficient (Wildman–Crippen LogP) is 2.32. The number of nitrogens with zero attached hydrogens (tertiary/aromatic N) is 2. The largest absolute Gasteiger partial charge is 0.444 e. The zero-order valence-corrected chi connectivity index (χ0v) is 14.9. The summed E-state index contributed by atoms with van der Waals surface area (Å²) in [5, 5.41) is 2.78. The normalized spacial score (nSPS) is 30.0. The Balaban J connectivity index is 1.49. The van der Waals surface area contributed by atoms with Gasteiger partial charge >= 0.3 is 6.09 Å². The lowest BCUT2D eigenvalue weighted by Crippen LogP contribution is -2.65. The van der Waals surface area contributed by atoms with Gasteiger partial charge in [0.1, 0.15) is 5.60 Å². The Morgan fingerprint density at radius 1 is 1.21 bits per heavy atom. The molecule has 3 aliphatic rings. The molecule has 0 aliphatic carbocycles. The lowest BCUT2D eigenvalue weighted by molar-refractivity contribution is -0.120. The van der Waals surface area contributed by atoms with Gasteiger partial charge in [-0.25, -0.2) is 13.6 Å². The number of rotatable bonds is 1. The first-order chi connectivity index (χ1) is 11.1. The van der Waals surface area contributed by atoms with E-state index < -0.39 is 17.6 Å². The first-order valence-corrected chi connectivity index (χ1v) is 8.91. The number of carbonyl (C=O) groups is 1. The van der Waals surface area contributed by atoms with Gasteiger partial charge in [0.25, 0.3) is 5.92 Å². The highest BCUT2D eigenvalue weighted by Gasteiger charge is 2.51. The Morgan fingerprint density at radius 3 is 2.38 bits per heavy atom. The number of alkyl halides is 2. The topological polar surface area (TPSA) is 44.8 Å². The summed E-state index contributed by atoms with van der Waals surface area (Å²) in [6, 6.07) is -0.641. The molecule has 0 radical (unpaired) electrons. The number of hydrogen-bond acceptors (Lipinski definition) is 4. The van der Waals surface area contributed by atoms with Crippen molar-refractivity contribution < 1.29 is 18.3 Å². The van der Waals surface area contributed by atoms with Crippen LogP contribution in [0.5, 0.6) is 0 Å². The van der Waals surface area contributed by atoms with E-state index in [9.17, 15) is 13.6 Å². The van der Waals surface area contributed by atoms with Crippen LogP contribution >= 0.6 is 0 Å². The van der Waals surface area contributed by atoms with Crippen LogP contribution in [-0.2, 0) is 4.74 Å². The van der Waals surface area contributed by atoms with Crippen LogP contribution in [0.1, 0.15) is 40.0 Å². The molecular weight excluding hydrogens is 316 g/mol. The van der Waals surface area contributed by atoms with Crippen LogP contribution < -0.4 is 5.32 Å². The van der Waals surface area contributed by atoms with E-state index in [4.69, 9.17) is 4.74 Å². The van der Waals surface area contributed by atoms with Crippen LogP contribution in [0, 0.1) is 5.41 Å². The average Bonchev–Trinajstić information content (AvgIpc) is 2.43. The number of piperidine rings is 2. The maximum atomic E-state index is 14.1. The second kappa shape index (κ2) is 6.09. The molecule has 3 heterocycles. The highest BCUT2D eigenvalue weighted by Crippen LogP contribution is 2.42. The van der Waals surface area contributed by atoms with Crippen molar-refractivity contribution in [1.82, 2.24) is 15.1 Å². The van der Waals surface area contributed by atoms with Gasteiger partial charge in [0.15, 0.2) is 0 Å². The van der Waals surface area contributed by atoms with Gasteiger partial charge in [-0.1, -0.05) is 0 Å². The van der Waals surface area contributed by atoms with Gasteiger partial charge in [-0.3, -0.25) is 4.90 Å². The molecule has 3 fully saturated rings. The summed E-state index contributed by atoms with van der Waals surface area (Å²) < 4.78 is 33.6. The molecule has 1 N–H and O–H groups in total. The first-order valence-electron chi connectivity index (χ1n) is 8.91. The molecule has 7 heteroatoms. The summed E-state index contributed by atoms with van der Waals surface area (Å²) in [7, 11) is 0. The number of carbonyl (C=O) groups excluding carboxylic acids is 1. The summed E-state index contributed by atoms with van der Waals surface area (Å²) in [5.74, 6) is -2.65. The lowest BCUT2D eigenvalue weighted by atomic mass is 9.71. The van der Waals surface area contributed by atoms with Gasteiger partial charge in [-0.05, 0) is 59.7 Å². The quantitative estimate of drug-likeness (QED) is 0.792. The molecule has 0 aromatic heterocycles. The van der Waals surface area contributed by atoms with Crippen LogP contribution in [0.15, 0.2) is 0 Å². The van der Waals surface area contributed by atoms with Gasteiger partial charge in [0.2, 0.25) is 0 Å². The molecule has 24 heavy (non-hydrogen) atoms. The number of nitrogens with one attached hydrogen (secondary N) is 1. The van der Waals surface area contributed by atoms with Gasteiger partial charge in [-0.2, -0.15) is 0 Å². The number of halogens is 2. The molecule has 0 unspecified atom stereocenters. The fraction of sp³-hybridized carbons (Fsp3) is 0.941. The molecule has 5 nitrogen and oxygen atoms in total. The predicted molar refractivity (Wildman–Crippen MR) is 87.3 cm³/mol. The number of likely N-dealkylation sites (tertiary alicyclic amines) is 2. The van der Waals surface area contributed by atoms with Crippen molar-refractivity contribution in [3.63, 3.8) is 0 Å². The zero-order valence-electron chi connectivity index (χ0n) is 14.9. The molecule has 1 spiro atoms. The maximum Gasteiger partial charge on any atom is 0.410 e. The minimum atomic E-state index is -2.65. The smallest absolute Gasteiger partial charge is 0.410 e. The Labute approximate surface area is 142 Å². The fourth-order valence-corrected chi connectivity index (χ4v) is 4.12. The van der Waals surface area contributed by atoms with E-state index in [0.29, 0.717) is 39.1 Å². The van der Waals surface area contributed by atoms with Crippen molar-refractivity contribution >= 4 is 6.09 Å². The number of ether oxygens (including phenoxy) is 1. The van der Waals surface area contributed by atoms with E-state index in [1.165, 1.54) is 0 Å². The summed E-state index contributed by atoms with van der Waals surface area (Å²) in [5.41, 5.74) is -0.376. The maximum absolute atomic E-state index is 14.1. The van der Waals surface area contributed by atoms with Crippen molar-refractivity contribution in [3.05, 3.63) is 0 Å². The van der Waals surface area contributed by atoms with Crippen LogP contribution in [-0.4, -0.2) is 72.7 Å². The van der Waals surface area contributed by atoms with Crippen LogP contribution in [0.3, 0.4) is 0 Å². The Hall–Kier alpha value is -0.950. The minimum Gasteiger partial charge on any atom is -0.444 e. The van der Waals surface area contributed by atoms with E-state index in [-0.39, 0.29) is 18.1 Å². The van der Waals surface area contributed by atoms with Crippen LogP contribution in [0.4, 0.5) is 13.6 Å².